The molecule has 2 atom stereocenters. The zero-order valence-corrected chi connectivity index (χ0v) is 16.1. The molecular formula is C21H27ClN2O3. The molecule has 3 N–H and O–H groups in total. The molecule has 0 aliphatic carbocycles. The summed E-state index contributed by atoms with van der Waals surface area (Å²) in [6.45, 7) is 2.37. The molecule has 27 heavy (non-hydrogen) atoms. The SMILES string of the molecule is Cl.O=C(NCC(O)c1cccc(OCc2ccccc2)c1)C1CCCNC1. The molecule has 0 bridgehead atoms. The Morgan fingerprint density at radius 3 is 2.78 bits per heavy atom. The maximum Gasteiger partial charge on any atom is 0.224 e. The molecule has 0 radical (unpaired) electrons. The molecular weight excluding hydrogens is 364 g/mol. The van der Waals surface area contributed by atoms with E-state index < -0.39 is 6.10 Å². The van der Waals surface area contributed by atoms with Crippen LogP contribution in [0.5, 0.6) is 5.75 Å². The molecule has 2 aromatic rings. The molecule has 1 amide bonds. The predicted octanol–water partition coefficient (Wildman–Crippen LogP) is 2.84. The van der Waals surface area contributed by atoms with Crippen molar-refractivity contribution in [2.45, 2.75) is 25.6 Å². The van der Waals surface area contributed by atoms with Crippen molar-refractivity contribution in [1.29, 1.82) is 0 Å². The molecule has 5 nitrogen and oxygen atoms in total. The van der Waals surface area contributed by atoms with Crippen LogP contribution in [0.4, 0.5) is 0 Å². The van der Waals surface area contributed by atoms with E-state index in [1.165, 1.54) is 0 Å². The lowest BCUT2D eigenvalue weighted by atomic mass is 9.98. The minimum atomic E-state index is -0.754. The second-order valence-corrected chi connectivity index (χ2v) is 6.65. The van der Waals surface area contributed by atoms with E-state index in [0.29, 0.717) is 18.9 Å². The Balaban J connectivity index is 0.00000261. The van der Waals surface area contributed by atoms with Gasteiger partial charge in [-0.25, -0.2) is 0 Å². The largest absolute Gasteiger partial charge is 0.489 e. The third-order valence-electron chi connectivity index (χ3n) is 4.63. The standard InChI is InChI=1S/C21H26N2O3.ClH/c24-20(14-23-21(25)18-9-5-11-22-13-18)17-8-4-10-19(12-17)26-15-16-6-2-1-3-7-16;/h1-4,6-8,10,12,18,20,22,24H,5,9,11,13-15H2,(H,23,25);1H. The second-order valence-electron chi connectivity index (χ2n) is 6.65. The van der Waals surface area contributed by atoms with Crippen molar-refractivity contribution in [2.24, 2.45) is 5.92 Å². The van der Waals surface area contributed by atoms with Crippen LogP contribution in [0.2, 0.25) is 0 Å². The third kappa shape index (κ3) is 6.54. The number of carbonyl (C=O) groups is 1. The summed E-state index contributed by atoms with van der Waals surface area (Å²) in [5.41, 5.74) is 1.82. The Labute approximate surface area is 166 Å². The summed E-state index contributed by atoms with van der Waals surface area (Å²) in [5, 5.41) is 16.5. The molecule has 146 valence electrons. The number of hydrogen-bond acceptors (Lipinski definition) is 4. The van der Waals surface area contributed by atoms with Gasteiger partial charge in [-0.05, 0) is 42.6 Å². The van der Waals surface area contributed by atoms with Crippen molar-refractivity contribution in [1.82, 2.24) is 10.6 Å². The van der Waals surface area contributed by atoms with Crippen LogP contribution in [0.1, 0.15) is 30.1 Å². The number of aliphatic hydroxyl groups is 1. The van der Waals surface area contributed by atoms with Gasteiger partial charge in [-0.15, -0.1) is 12.4 Å². The van der Waals surface area contributed by atoms with Gasteiger partial charge in [0.2, 0.25) is 5.91 Å². The highest BCUT2D eigenvalue weighted by Gasteiger charge is 2.21. The quantitative estimate of drug-likeness (QED) is 0.679. The number of rotatable bonds is 7. The number of halogens is 1. The van der Waals surface area contributed by atoms with Crippen molar-refractivity contribution in [3.63, 3.8) is 0 Å². The Hall–Kier alpha value is -2.08. The van der Waals surface area contributed by atoms with E-state index in [-0.39, 0.29) is 30.8 Å². The number of hydrogen-bond donors (Lipinski definition) is 3. The number of aliphatic hydroxyl groups excluding tert-OH is 1. The van der Waals surface area contributed by atoms with E-state index in [2.05, 4.69) is 10.6 Å². The molecule has 1 saturated heterocycles. The van der Waals surface area contributed by atoms with Crippen LogP contribution in [-0.2, 0) is 11.4 Å². The number of amides is 1. The van der Waals surface area contributed by atoms with Crippen LogP contribution in [0.15, 0.2) is 54.6 Å². The van der Waals surface area contributed by atoms with E-state index in [4.69, 9.17) is 4.74 Å². The van der Waals surface area contributed by atoms with Crippen molar-refractivity contribution < 1.29 is 14.6 Å². The number of carbonyl (C=O) groups excluding carboxylic acids is 1. The monoisotopic (exact) mass is 390 g/mol. The number of ether oxygens (including phenoxy) is 1. The highest BCUT2D eigenvalue weighted by Crippen LogP contribution is 2.20. The fraction of sp³-hybridized carbons (Fsp3) is 0.381. The maximum absolute atomic E-state index is 12.2. The van der Waals surface area contributed by atoms with Gasteiger partial charge in [-0.2, -0.15) is 0 Å². The van der Waals surface area contributed by atoms with Gasteiger partial charge < -0.3 is 20.5 Å². The second kappa shape index (κ2) is 10.9. The molecule has 1 aliphatic heterocycles. The van der Waals surface area contributed by atoms with E-state index in [9.17, 15) is 9.90 Å². The Morgan fingerprint density at radius 1 is 1.22 bits per heavy atom. The Morgan fingerprint density at radius 2 is 2.04 bits per heavy atom. The first-order valence-corrected chi connectivity index (χ1v) is 9.15. The summed E-state index contributed by atoms with van der Waals surface area (Å²) in [4.78, 5) is 12.2. The Kier molecular flexibility index (Phi) is 8.58. The first-order chi connectivity index (χ1) is 12.7. The topological polar surface area (TPSA) is 70.6 Å². The lowest BCUT2D eigenvalue weighted by Crippen LogP contribution is -2.41. The molecule has 0 spiro atoms. The average molecular weight is 391 g/mol. The molecule has 3 rings (SSSR count). The van der Waals surface area contributed by atoms with Crippen LogP contribution in [0, 0.1) is 5.92 Å². The highest BCUT2D eigenvalue weighted by molar-refractivity contribution is 5.85. The molecule has 1 fully saturated rings. The van der Waals surface area contributed by atoms with Gasteiger partial charge >= 0.3 is 0 Å². The molecule has 2 aromatic carbocycles. The summed E-state index contributed by atoms with van der Waals surface area (Å²) in [6.07, 6.45) is 1.16. The van der Waals surface area contributed by atoms with E-state index in [0.717, 1.165) is 30.5 Å². The predicted molar refractivity (Wildman–Crippen MR) is 108 cm³/mol. The molecule has 6 heteroatoms. The van der Waals surface area contributed by atoms with Crippen molar-refractivity contribution in [3.05, 3.63) is 65.7 Å². The molecule has 1 aliphatic rings. The van der Waals surface area contributed by atoms with Crippen molar-refractivity contribution in [3.8, 4) is 5.75 Å². The summed E-state index contributed by atoms with van der Waals surface area (Å²) < 4.78 is 5.80. The normalized spacial score (nSPS) is 17.4. The molecule has 0 aromatic heterocycles. The van der Waals surface area contributed by atoms with Gasteiger partial charge in [0.1, 0.15) is 12.4 Å². The van der Waals surface area contributed by atoms with Crippen molar-refractivity contribution >= 4 is 18.3 Å². The fourth-order valence-corrected chi connectivity index (χ4v) is 3.09. The van der Waals surface area contributed by atoms with E-state index in [1.807, 2.05) is 54.6 Å². The number of piperidine rings is 1. The van der Waals surface area contributed by atoms with Crippen LogP contribution in [0.3, 0.4) is 0 Å². The number of nitrogens with one attached hydrogen (secondary N) is 2. The van der Waals surface area contributed by atoms with Gasteiger partial charge in [0.25, 0.3) is 0 Å². The average Bonchev–Trinajstić information content (AvgIpc) is 2.72. The summed E-state index contributed by atoms with van der Waals surface area (Å²) >= 11 is 0. The van der Waals surface area contributed by atoms with Crippen LogP contribution < -0.4 is 15.4 Å². The third-order valence-corrected chi connectivity index (χ3v) is 4.63. The van der Waals surface area contributed by atoms with Gasteiger partial charge in [-0.3, -0.25) is 4.79 Å². The van der Waals surface area contributed by atoms with E-state index >= 15 is 0 Å². The fourth-order valence-electron chi connectivity index (χ4n) is 3.09. The molecule has 2 unspecified atom stereocenters. The smallest absolute Gasteiger partial charge is 0.224 e. The zero-order chi connectivity index (χ0) is 18.2. The highest BCUT2D eigenvalue weighted by atomic mass is 35.5. The first-order valence-electron chi connectivity index (χ1n) is 9.15. The van der Waals surface area contributed by atoms with Crippen molar-refractivity contribution in [2.75, 3.05) is 19.6 Å². The van der Waals surface area contributed by atoms with E-state index in [1.54, 1.807) is 0 Å². The van der Waals surface area contributed by atoms with Gasteiger partial charge in [0, 0.05) is 13.1 Å². The summed E-state index contributed by atoms with van der Waals surface area (Å²) in [5.74, 6) is 0.706. The number of benzene rings is 2. The lowest BCUT2D eigenvalue weighted by molar-refractivity contribution is -0.125. The Bertz CT molecular complexity index is 706. The van der Waals surface area contributed by atoms with Crippen LogP contribution in [-0.4, -0.2) is 30.6 Å². The minimum Gasteiger partial charge on any atom is -0.489 e. The van der Waals surface area contributed by atoms with Crippen LogP contribution in [0.25, 0.3) is 0 Å². The molecule has 0 saturated carbocycles. The van der Waals surface area contributed by atoms with Gasteiger partial charge in [0.15, 0.2) is 0 Å². The first kappa shape index (κ1) is 21.2. The van der Waals surface area contributed by atoms with Crippen LogP contribution >= 0.6 is 12.4 Å². The minimum absolute atomic E-state index is 0. The van der Waals surface area contributed by atoms with Gasteiger partial charge in [-0.1, -0.05) is 42.5 Å². The lowest BCUT2D eigenvalue weighted by Gasteiger charge is -2.22. The summed E-state index contributed by atoms with van der Waals surface area (Å²) in [6, 6.07) is 17.3. The maximum atomic E-state index is 12.2. The summed E-state index contributed by atoms with van der Waals surface area (Å²) in [7, 11) is 0. The zero-order valence-electron chi connectivity index (χ0n) is 15.3. The van der Waals surface area contributed by atoms with Gasteiger partial charge in [0.05, 0.1) is 12.0 Å². The molecule has 1 heterocycles.